The van der Waals surface area contributed by atoms with Crippen LogP contribution in [0.4, 0.5) is 0 Å². The topological polar surface area (TPSA) is 12.9 Å². The van der Waals surface area contributed by atoms with Gasteiger partial charge in [0.15, 0.2) is 0 Å². The van der Waals surface area contributed by atoms with Crippen molar-refractivity contribution >= 4 is 16.5 Å². The average Bonchev–Trinajstić information content (AvgIpc) is 2.16. The molecule has 0 atom stereocenters. The van der Waals surface area contributed by atoms with Gasteiger partial charge in [0, 0.05) is 5.39 Å². The smallest absolute Gasteiger partial charge is 0.0709 e. The molecule has 1 aromatic carbocycles. The Morgan fingerprint density at radius 1 is 1.29 bits per heavy atom. The van der Waals surface area contributed by atoms with Gasteiger partial charge in [-0.05, 0) is 37.1 Å². The molecule has 0 aliphatic heterocycles. The second-order valence-corrected chi connectivity index (χ2v) is 3.63. The van der Waals surface area contributed by atoms with Crippen LogP contribution in [0.15, 0.2) is 36.9 Å². The Hall–Kier alpha value is -1.63. The fourth-order valence-electron chi connectivity index (χ4n) is 1.65. The number of benzene rings is 1. The van der Waals surface area contributed by atoms with E-state index >= 15 is 0 Å². The minimum Gasteiger partial charge on any atom is -0.248 e. The molecule has 0 radical (unpaired) electrons. The number of fused-ring (bicyclic) bond motifs is 1. The van der Waals surface area contributed by atoms with Gasteiger partial charge in [-0.3, -0.25) is 0 Å². The first-order valence-corrected chi connectivity index (χ1v) is 4.71. The van der Waals surface area contributed by atoms with Crippen LogP contribution in [0.1, 0.15) is 18.2 Å². The van der Waals surface area contributed by atoms with Crippen LogP contribution in [0.3, 0.4) is 0 Å². The van der Waals surface area contributed by atoms with Crippen molar-refractivity contribution in [1.82, 2.24) is 4.98 Å². The van der Waals surface area contributed by atoms with E-state index in [1.54, 1.807) is 0 Å². The molecule has 0 aliphatic carbocycles. The van der Waals surface area contributed by atoms with Crippen molar-refractivity contribution < 1.29 is 0 Å². The van der Waals surface area contributed by atoms with E-state index in [4.69, 9.17) is 0 Å². The lowest BCUT2D eigenvalue weighted by Crippen LogP contribution is -1.91. The monoisotopic (exact) mass is 183 g/mol. The molecule has 0 fully saturated rings. The highest BCUT2D eigenvalue weighted by molar-refractivity contribution is 5.81. The normalized spacial score (nSPS) is 10.4. The summed E-state index contributed by atoms with van der Waals surface area (Å²) in [6, 6.07) is 10.3. The average molecular weight is 183 g/mol. The molecule has 0 saturated heterocycles. The maximum atomic E-state index is 4.57. The summed E-state index contributed by atoms with van der Waals surface area (Å²) in [6.07, 6.45) is 0. The van der Waals surface area contributed by atoms with Crippen molar-refractivity contribution in [1.29, 1.82) is 0 Å². The van der Waals surface area contributed by atoms with Gasteiger partial charge in [0.05, 0.1) is 11.2 Å². The van der Waals surface area contributed by atoms with Crippen molar-refractivity contribution in [2.45, 2.75) is 13.8 Å². The summed E-state index contributed by atoms with van der Waals surface area (Å²) >= 11 is 0. The van der Waals surface area contributed by atoms with Crippen LogP contribution < -0.4 is 0 Å². The molecular formula is C13H13N. The zero-order chi connectivity index (χ0) is 10.1. The first-order valence-electron chi connectivity index (χ1n) is 4.71. The molecule has 0 unspecified atom stereocenters. The Labute approximate surface area is 84.1 Å². The van der Waals surface area contributed by atoms with E-state index in [-0.39, 0.29) is 0 Å². The van der Waals surface area contributed by atoms with Crippen molar-refractivity contribution in [3.05, 3.63) is 48.2 Å². The maximum absolute atomic E-state index is 4.57. The van der Waals surface area contributed by atoms with Crippen molar-refractivity contribution in [2.24, 2.45) is 0 Å². The summed E-state index contributed by atoms with van der Waals surface area (Å²) in [5.74, 6) is 0. The molecule has 0 bridgehead atoms. The zero-order valence-electron chi connectivity index (χ0n) is 8.54. The second-order valence-electron chi connectivity index (χ2n) is 3.63. The second kappa shape index (κ2) is 3.26. The van der Waals surface area contributed by atoms with Crippen LogP contribution in [0.2, 0.25) is 0 Å². The van der Waals surface area contributed by atoms with Crippen molar-refractivity contribution in [2.75, 3.05) is 0 Å². The third-order valence-electron chi connectivity index (χ3n) is 2.32. The van der Waals surface area contributed by atoms with Crippen LogP contribution in [-0.2, 0) is 0 Å². The predicted molar refractivity (Wildman–Crippen MR) is 61.2 cm³/mol. The quantitative estimate of drug-likeness (QED) is 0.658. The van der Waals surface area contributed by atoms with Crippen LogP contribution in [0, 0.1) is 6.92 Å². The van der Waals surface area contributed by atoms with Crippen molar-refractivity contribution in [3.63, 3.8) is 0 Å². The Morgan fingerprint density at radius 3 is 2.71 bits per heavy atom. The number of hydrogen-bond donors (Lipinski definition) is 0. The van der Waals surface area contributed by atoms with Crippen molar-refractivity contribution in [3.8, 4) is 0 Å². The largest absolute Gasteiger partial charge is 0.248 e. The maximum Gasteiger partial charge on any atom is 0.0709 e. The molecular weight excluding hydrogens is 170 g/mol. The third kappa shape index (κ3) is 1.41. The fraction of sp³-hybridized carbons (Fsp3) is 0.154. The van der Waals surface area contributed by atoms with E-state index < -0.39 is 0 Å². The summed E-state index contributed by atoms with van der Waals surface area (Å²) in [6.45, 7) is 7.99. The standard InChI is InChI=1S/C13H13N/c1-9(2)13-10(3)8-11-6-4-5-7-12(11)14-13/h4-8H,1H2,2-3H3. The van der Waals surface area contributed by atoms with Gasteiger partial charge in [0.2, 0.25) is 0 Å². The number of aromatic nitrogens is 1. The van der Waals surface area contributed by atoms with Gasteiger partial charge in [-0.25, -0.2) is 4.98 Å². The Morgan fingerprint density at radius 2 is 2.00 bits per heavy atom. The molecule has 0 amide bonds. The Balaban J connectivity index is 2.77. The SMILES string of the molecule is C=C(C)c1nc2ccccc2cc1C. The molecule has 2 rings (SSSR count). The summed E-state index contributed by atoms with van der Waals surface area (Å²) in [5.41, 5.74) is 4.27. The molecule has 70 valence electrons. The molecule has 2 aromatic rings. The molecule has 0 spiro atoms. The Bertz CT molecular complexity index is 498. The highest BCUT2D eigenvalue weighted by Gasteiger charge is 2.02. The lowest BCUT2D eigenvalue weighted by atomic mass is 10.1. The van der Waals surface area contributed by atoms with Gasteiger partial charge >= 0.3 is 0 Å². The van der Waals surface area contributed by atoms with E-state index in [9.17, 15) is 0 Å². The minimum atomic E-state index is 1.02. The number of rotatable bonds is 1. The van der Waals surface area contributed by atoms with E-state index in [1.807, 2.05) is 25.1 Å². The molecule has 14 heavy (non-hydrogen) atoms. The molecule has 0 aliphatic rings. The summed E-state index contributed by atoms with van der Waals surface area (Å²) < 4.78 is 0. The number of allylic oxidation sites excluding steroid dienone is 1. The van der Waals surface area contributed by atoms with Crippen LogP contribution >= 0.6 is 0 Å². The van der Waals surface area contributed by atoms with E-state index in [1.165, 1.54) is 10.9 Å². The molecule has 1 aromatic heterocycles. The highest BCUT2D eigenvalue weighted by Crippen LogP contribution is 2.20. The number of nitrogens with zero attached hydrogens (tertiary/aromatic N) is 1. The Kier molecular flexibility index (Phi) is 2.08. The first-order chi connectivity index (χ1) is 6.68. The number of aryl methyl sites for hydroxylation is 1. The van der Waals surface area contributed by atoms with E-state index in [0.29, 0.717) is 0 Å². The molecule has 1 heterocycles. The highest BCUT2D eigenvalue weighted by atomic mass is 14.7. The van der Waals surface area contributed by atoms with Gasteiger partial charge in [-0.1, -0.05) is 24.8 Å². The van der Waals surface area contributed by atoms with Gasteiger partial charge in [0.1, 0.15) is 0 Å². The molecule has 1 nitrogen and oxygen atoms in total. The van der Waals surface area contributed by atoms with Crippen LogP contribution in [0.25, 0.3) is 16.5 Å². The summed E-state index contributed by atoms with van der Waals surface area (Å²) in [4.78, 5) is 4.57. The first kappa shape index (κ1) is 8.95. The third-order valence-corrected chi connectivity index (χ3v) is 2.32. The predicted octanol–water partition coefficient (Wildman–Crippen LogP) is 3.58. The van der Waals surface area contributed by atoms with Gasteiger partial charge in [-0.15, -0.1) is 0 Å². The fourth-order valence-corrected chi connectivity index (χ4v) is 1.65. The van der Waals surface area contributed by atoms with E-state index in [2.05, 4.69) is 30.6 Å². The number of pyridine rings is 1. The van der Waals surface area contributed by atoms with Gasteiger partial charge < -0.3 is 0 Å². The lowest BCUT2D eigenvalue weighted by Gasteiger charge is -2.06. The minimum absolute atomic E-state index is 1.02. The molecule has 1 heteroatoms. The lowest BCUT2D eigenvalue weighted by molar-refractivity contribution is 1.27. The zero-order valence-corrected chi connectivity index (χ0v) is 8.54. The van der Waals surface area contributed by atoms with Crippen LogP contribution in [0.5, 0.6) is 0 Å². The van der Waals surface area contributed by atoms with Gasteiger partial charge in [0.25, 0.3) is 0 Å². The van der Waals surface area contributed by atoms with Crippen LogP contribution in [-0.4, -0.2) is 4.98 Å². The van der Waals surface area contributed by atoms with E-state index in [0.717, 1.165) is 16.8 Å². The molecule has 0 N–H and O–H groups in total. The van der Waals surface area contributed by atoms with Gasteiger partial charge in [-0.2, -0.15) is 0 Å². The summed E-state index contributed by atoms with van der Waals surface area (Å²) in [7, 11) is 0. The number of hydrogen-bond acceptors (Lipinski definition) is 1. The number of para-hydroxylation sites is 1. The molecule has 0 saturated carbocycles. The summed E-state index contributed by atoms with van der Waals surface area (Å²) in [5, 5.41) is 1.19.